The van der Waals surface area contributed by atoms with E-state index < -0.39 is 10.0 Å². The fourth-order valence-electron chi connectivity index (χ4n) is 2.33. The highest BCUT2D eigenvalue weighted by Gasteiger charge is 2.30. The summed E-state index contributed by atoms with van der Waals surface area (Å²) in [5, 5.41) is 0. The summed E-state index contributed by atoms with van der Waals surface area (Å²) < 4.78 is 38.2. The highest BCUT2D eigenvalue weighted by atomic mass is 32.2. The maximum absolute atomic E-state index is 13.2. The van der Waals surface area contributed by atoms with Gasteiger partial charge >= 0.3 is 0 Å². The maximum Gasteiger partial charge on any atom is 0.247 e. The number of methoxy groups -OCH3 is 2. The standard InChI is InChI=1S/C17H22N2O4S/c1-13(2)19(12-14-6-5-9-18-11-14)24(20,21)17-10-15(22-3)7-8-16(17)23-4/h5-11,13H,12H2,1-4H3. The zero-order chi connectivity index (χ0) is 17.7. The van der Waals surface area contributed by atoms with Crippen LogP contribution in [0.5, 0.6) is 11.5 Å². The number of aromatic nitrogens is 1. The third-order valence-corrected chi connectivity index (χ3v) is 5.64. The molecule has 0 N–H and O–H groups in total. The molecule has 0 aliphatic rings. The molecule has 0 saturated carbocycles. The first-order valence-corrected chi connectivity index (χ1v) is 8.97. The second kappa shape index (κ2) is 7.63. The van der Waals surface area contributed by atoms with Crippen molar-refractivity contribution in [2.75, 3.05) is 14.2 Å². The molecule has 6 nitrogen and oxygen atoms in total. The molecule has 24 heavy (non-hydrogen) atoms. The molecule has 1 aromatic carbocycles. The summed E-state index contributed by atoms with van der Waals surface area (Å²) in [6, 6.07) is 8.14. The number of hydrogen-bond acceptors (Lipinski definition) is 5. The van der Waals surface area contributed by atoms with Crippen LogP contribution in [0.3, 0.4) is 0 Å². The van der Waals surface area contributed by atoms with Crippen molar-refractivity contribution in [1.29, 1.82) is 0 Å². The topological polar surface area (TPSA) is 68.7 Å². The Morgan fingerprint density at radius 1 is 1.17 bits per heavy atom. The first-order valence-electron chi connectivity index (χ1n) is 7.53. The number of hydrogen-bond donors (Lipinski definition) is 0. The number of benzene rings is 1. The second-order valence-corrected chi connectivity index (χ2v) is 7.38. The minimum Gasteiger partial charge on any atom is -0.497 e. The molecule has 0 atom stereocenters. The van der Waals surface area contributed by atoms with Gasteiger partial charge in [0.25, 0.3) is 0 Å². The van der Waals surface area contributed by atoms with Gasteiger partial charge in [-0.1, -0.05) is 6.07 Å². The van der Waals surface area contributed by atoms with Crippen molar-refractivity contribution in [3.63, 3.8) is 0 Å². The summed E-state index contributed by atoms with van der Waals surface area (Å²) >= 11 is 0. The van der Waals surface area contributed by atoms with Crippen molar-refractivity contribution in [2.45, 2.75) is 31.3 Å². The zero-order valence-corrected chi connectivity index (χ0v) is 15.1. The fourth-order valence-corrected chi connectivity index (χ4v) is 4.13. The molecule has 0 fully saturated rings. The summed E-state index contributed by atoms with van der Waals surface area (Å²) in [5.74, 6) is 0.743. The summed E-state index contributed by atoms with van der Waals surface area (Å²) in [4.78, 5) is 4.13. The molecule has 0 bridgehead atoms. The van der Waals surface area contributed by atoms with Gasteiger partial charge in [-0.15, -0.1) is 0 Å². The Hall–Kier alpha value is -2.12. The number of rotatable bonds is 7. The third-order valence-electron chi connectivity index (χ3n) is 3.59. The first kappa shape index (κ1) is 18.2. The van der Waals surface area contributed by atoms with E-state index in [4.69, 9.17) is 9.47 Å². The van der Waals surface area contributed by atoms with Crippen molar-refractivity contribution in [3.8, 4) is 11.5 Å². The predicted octanol–water partition coefficient (Wildman–Crippen LogP) is 2.70. The Morgan fingerprint density at radius 3 is 2.46 bits per heavy atom. The van der Waals surface area contributed by atoms with Gasteiger partial charge in [-0.3, -0.25) is 4.98 Å². The maximum atomic E-state index is 13.2. The Balaban J connectivity index is 2.49. The van der Waals surface area contributed by atoms with Gasteiger partial charge in [0.15, 0.2) is 0 Å². The van der Waals surface area contributed by atoms with Gasteiger partial charge in [0.05, 0.1) is 14.2 Å². The smallest absolute Gasteiger partial charge is 0.247 e. The minimum atomic E-state index is -3.77. The molecule has 0 amide bonds. The van der Waals surface area contributed by atoms with E-state index in [9.17, 15) is 8.42 Å². The van der Waals surface area contributed by atoms with Crippen molar-refractivity contribution in [2.24, 2.45) is 0 Å². The lowest BCUT2D eigenvalue weighted by molar-refractivity contribution is 0.342. The summed E-state index contributed by atoms with van der Waals surface area (Å²) in [7, 11) is -0.833. The van der Waals surface area contributed by atoms with Gasteiger partial charge in [-0.25, -0.2) is 8.42 Å². The van der Waals surface area contributed by atoms with Crippen molar-refractivity contribution in [1.82, 2.24) is 9.29 Å². The molecule has 0 aliphatic heterocycles. The van der Waals surface area contributed by atoms with Gasteiger partial charge in [-0.05, 0) is 37.6 Å². The van der Waals surface area contributed by atoms with Crippen LogP contribution in [0.4, 0.5) is 0 Å². The van der Waals surface area contributed by atoms with E-state index in [1.165, 1.54) is 24.6 Å². The predicted molar refractivity (Wildman–Crippen MR) is 91.6 cm³/mol. The van der Waals surface area contributed by atoms with Crippen LogP contribution in [0.2, 0.25) is 0 Å². The Morgan fingerprint density at radius 2 is 1.92 bits per heavy atom. The average Bonchev–Trinajstić information content (AvgIpc) is 2.59. The SMILES string of the molecule is COc1ccc(OC)c(S(=O)(=O)N(Cc2cccnc2)C(C)C)c1. The van der Waals surface area contributed by atoms with E-state index in [0.29, 0.717) is 5.75 Å². The van der Waals surface area contributed by atoms with Crippen LogP contribution < -0.4 is 9.47 Å². The largest absolute Gasteiger partial charge is 0.497 e. The molecule has 2 rings (SSSR count). The average molecular weight is 350 g/mol. The van der Waals surface area contributed by atoms with E-state index in [1.54, 1.807) is 30.6 Å². The molecule has 2 aromatic rings. The normalized spacial score (nSPS) is 11.8. The van der Waals surface area contributed by atoms with Crippen LogP contribution in [-0.4, -0.2) is 38.0 Å². The van der Waals surface area contributed by atoms with E-state index in [1.807, 2.05) is 19.9 Å². The Kier molecular flexibility index (Phi) is 5.80. The van der Waals surface area contributed by atoms with Gasteiger partial charge in [0.2, 0.25) is 10.0 Å². The van der Waals surface area contributed by atoms with Crippen LogP contribution in [0.15, 0.2) is 47.6 Å². The highest BCUT2D eigenvalue weighted by Crippen LogP contribution is 2.32. The van der Waals surface area contributed by atoms with Gasteiger partial charge in [0, 0.05) is 31.0 Å². The Labute approximate surface area is 143 Å². The molecular formula is C17H22N2O4S. The monoisotopic (exact) mass is 350 g/mol. The molecule has 1 heterocycles. The van der Waals surface area contributed by atoms with Crippen LogP contribution in [-0.2, 0) is 16.6 Å². The lowest BCUT2D eigenvalue weighted by atomic mass is 10.2. The fraction of sp³-hybridized carbons (Fsp3) is 0.353. The molecule has 1 aromatic heterocycles. The molecule has 0 aliphatic carbocycles. The number of pyridine rings is 1. The number of sulfonamides is 1. The molecular weight excluding hydrogens is 328 g/mol. The van der Waals surface area contributed by atoms with Crippen molar-refractivity contribution in [3.05, 3.63) is 48.3 Å². The quantitative estimate of drug-likeness (QED) is 0.768. The summed E-state index contributed by atoms with van der Waals surface area (Å²) in [6.45, 7) is 3.90. The molecule has 0 saturated heterocycles. The van der Waals surface area contributed by atoms with E-state index in [2.05, 4.69) is 4.98 Å². The van der Waals surface area contributed by atoms with E-state index >= 15 is 0 Å². The van der Waals surface area contributed by atoms with Gasteiger partial charge < -0.3 is 9.47 Å². The van der Waals surface area contributed by atoms with Gasteiger partial charge in [0.1, 0.15) is 16.4 Å². The molecule has 0 spiro atoms. The highest BCUT2D eigenvalue weighted by molar-refractivity contribution is 7.89. The molecule has 0 unspecified atom stereocenters. The lowest BCUT2D eigenvalue weighted by Crippen LogP contribution is -2.36. The first-order chi connectivity index (χ1) is 11.4. The van der Waals surface area contributed by atoms with Crippen LogP contribution in [0, 0.1) is 0 Å². The minimum absolute atomic E-state index is 0.0851. The van der Waals surface area contributed by atoms with Gasteiger partial charge in [-0.2, -0.15) is 4.31 Å². The zero-order valence-electron chi connectivity index (χ0n) is 14.3. The van der Waals surface area contributed by atoms with Crippen LogP contribution in [0.1, 0.15) is 19.4 Å². The number of nitrogens with zero attached hydrogens (tertiary/aromatic N) is 2. The van der Waals surface area contributed by atoms with E-state index in [0.717, 1.165) is 5.56 Å². The van der Waals surface area contributed by atoms with Crippen molar-refractivity contribution < 1.29 is 17.9 Å². The molecule has 7 heteroatoms. The van der Waals surface area contributed by atoms with Crippen molar-refractivity contribution >= 4 is 10.0 Å². The number of ether oxygens (including phenoxy) is 2. The molecule has 130 valence electrons. The summed E-state index contributed by atoms with van der Waals surface area (Å²) in [5.41, 5.74) is 0.816. The molecule has 0 radical (unpaired) electrons. The van der Waals surface area contributed by atoms with Crippen LogP contribution >= 0.6 is 0 Å². The second-order valence-electron chi connectivity index (χ2n) is 5.52. The van der Waals surface area contributed by atoms with Crippen LogP contribution in [0.25, 0.3) is 0 Å². The summed E-state index contributed by atoms with van der Waals surface area (Å²) in [6.07, 6.45) is 3.32. The Bertz CT molecular complexity index is 776. The third kappa shape index (κ3) is 3.85. The van der Waals surface area contributed by atoms with E-state index in [-0.39, 0.29) is 23.2 Å². The lowest BCUT2D eigenvalue weighted by Gasteiger charge is -2.26.